The van der Waals surface area contributed by atoms with E-state index < -0.39 is 0 Å². The zero-order chi connectivity index (χ0) is 13.5. The highest BCUT2D eigenvalue weighted by atomic mass is 16.2. The molecule has 1 aromatic carbocycles. The van der Waals surface area contributed by atoms with Crippen LogP contribution in [0, 0.1) is 5.92 Å². The first kappa shape index (κ1) is 14.7. The monoisotopic (exact) mass is 248 g/mol. The Kier molecular flexibility index (Phi) is 5.86. The van der Waals surface area contributed by atoms with Gasteiger partial charge in [0.2, 0.25) is 5.91 Å². The molecule has 1 unspecified atom stereocenters. The summed E-state index contributed by atoms with van der Waals surface area (Å²) >= 11 is 0. The van der Waals surface area contributed by atoms with Gasteiger partial charge in [-0.2, -0.15) is 0 Å². The molecule has 3 heteroatoms. The summed E-state index contributed by atoms with van der Waals surface area (Å²) in [5, 5.41) is 0. The van der Waals surface area contributed by atoms with Gasteiger partial charge in [0.25, 0.3) is 0 Å². The summed E-state index contributed by atoms with van der Waals surface area (Å²) in [5.74, 6) is 0.611. The number of hydrogen-bond acceptors (Lipinski definition) is 2. The van der Waals surface area contributed by atoms with Crippen LogP contribution >= 0.6 is 0 Å². The first-order valence-electron chi connectivity index (χ1n) is 6.54. The highest BCUT2D eigenvalue weighted by molar-refractivity contribution is 5.78. The number of nitrogens with two attached hydrogens (primary N) is 1. The third-order valence-corrected chi connectivity index (χ3v) is 3.28. The Bertz CT molecular complexity index is 362. The molecule has 1 aromatic rings. The van der Waals surface area contributed by atoms with Crippen molar-refractivity contribution in [1.82, 2.24) is 4.90 Å². The lowest BCUT2D eigenvalue weighted by atomic mass is 10.0. The SMILES string of the molecule is CC(C)C(N)CCN(C)C(=O)Cc1ccccc1. The maximum absolute atomic E-state index is 12.0. The maximum atomic E-state index is 12.0. The molecule has 0 aliphatic rings. The van der Waals surface area contributed by atoms with Crippen LogP contribution in [0.3, 0.4) is 0 Å². The van der Waals surface area contributed by atoms with Crippen LogP contribution in [0.4, 0.5) is 0 Å². The minimum atomic E-state index is 0.150. The summed E-state index contributed by atoms with van der Waals surface area (Å²) in [6, 6.07) is 9.99. The molecule has 0 saturated carbocycles. The molecule has 0 radical (unpaired) electrons. The molecule has 0 saturated heterocycles. The lowest BCUT2D eigenvalue weighted by Crippen LogP contribution is -2.35. The Balaban J connectivity index is 2.38. The van der Waals surface area contributed by atoms with Gasteiger partial charge in [-0.05, 0) is 17.9 Å². The van der Waals surface area contributed by atoms with Crippen molar-refractivity contribution < 1.29 is 4.79 Å². The summed E-state index contributed by atoms with van der Waals surface area (Å²) in [6.45, 7) is 4.94. The molecule has 0 spiro atoms. The van der Waals surface area contributed by atoms with E-state index in [9.17, 15) is 4.79 Å². The molecule has 100 valence electrons. The third kappa shape index (κ3) is 4.88. The van der Waals surface area contributed by atoms with Crippen LogP contribution in [0.25, 0.3) is 0 Å². The van der Waals surface area contributed by atoms with E-state index in [-0.39, 0.29) is 11.9 Å². The van der Waals surface area contributed by atoms with E-state index in [0.717, 1.165) is 18.5 Å². The number of carbonyl (C=O) groups excluding carboxylic acids is 1. The molecule has 0 bridgehead atoms. The van der Waals surface area contributed by atoms with E-state index in [4.69, 9.17) is 5.73 Å². The number of likely N-dealkylation sites (N-methyl/N-ethyl adjacent to an activating group) is 1. The van der Waals surface area contributed by atoms with Gasteiger partial charge in [-0.3, -0.25) is 4.79 Å². The van der Waals surface area contributed by atoms with Gasteiger partial charge >= 0.3 is 0 Å². The van der Waals surface area contributed by atoms with Crippen LogP contribution in [0.1, 0.15) is 25.8 Å². The topological polar surface area (TPSA) is 46.3 Å². The van der Waals surface area contributed by atoms with E-state index in [2.05, 4.69) is 13.8 Å². The van der Waals surface area contributed by atoms with Crippen molar-refractivity contribution in [2.75, 3.05) is 13.6 Å². The molecule has 0 fully saturated rings. The second-order valence-electron chi connectivity index (χ2n) is 5.17. The normalized spacial score (nSPS) is 12.5. The van der Waals surface area contributed by atoms with Crippen molar-refractivity contribution in [1.29, 1.82) is 0 Å². The summed E-state index contributed by atoms with van der Waals surface area (Å²) in [5.41, 5.74) is 7.04. The molecular weight excluding hydrogens is 224 g/mol. The molecule has 3 nitrogen and oxygen atoms in total. The van der Waals surface area contributed by atoms with Crippen molar-refractivity contribution in [2.45, 2.75) is 32.7 Å². The van der Waals surface area contributed by atoms with Crippen LogP contribution in [0.2, 0.25) is 0 Å². The average molecular weight is 248 g/mol. The summed E-state index contributed by atoms with van der Waals surface area (Å²) in [7, 11) is 1.85. The van der Waals surface area contributed by atoms with E-state index in [1.807, 2.05) is 37.4 Å². The van der Waals surface area contributed by atoms with Crippen LogP contribution in [-0.4, -0.2) is 30.4 Å². The molecule has 0 aliphatic carbocycles. The van der Waals surface area contributed by atoms with E-state index in [1.54, 1.807) is 4.90 Å². The van der Waals surface area contributed by atoms with Crippen molar-refractivity contribution in [3.8, 4) is 0 Å². The Labute approximate surface area is 110 Å². The van der Waals surface area contributed by atoms with Gasteiger partial charge in [0, 0.05) is 19.6 Å². The standard InChI is InChI=1S/C15H24N2O/c1-12(2)14(16)9-10-17(3)15(18)11-13-7-5-4-6-8-13/h4-8,12,14H,9-11,16H2,1-3H3. The Morgan fingerprint density at radius 1 is 1.28 bits per heavy atom. The predicted molar refractivity (Wildman–Crippen MR) is 75.2 cm³/mol. The fourth-order valence-electron chi connectivity index (χ4n) is 1.71. The molecule has 2 N–H and O–H groups in total. The van der Waals surface area contributed by atoms with Crippen molar-refractivity contribution >= 4 is 5.91 Å². The van der Waals surface area contributed by atoms with Crippen LogP contribution in [0.15, 0.2) is 30.3 Å². The molecule has 0 aromatic heterocycles. The van der Waals surface area contributed by atoms with Crippen molar-refractivity contribution in [3.05, 3.63) is 35.9 Å². The minimum absolute atomic E-state index is 0.150. The van der Waals surface area contributed by atoms with E-state index in [1.165, 1.54) is 0 Å². The zero-order valence-electron chi connectivity index (χ0n) is 11.6. The van der Waals surface area contributed by atoms with Gasteiger partial charge in [-0.15, -0.1) is 0 Å². The number of hydrogen-bond donors (Lipinski definition) is 1. The van der Waals surface area contributed by atoms with Crippen molar-refractivity contribution in [2.24, 2.45) is 11.7 Å². The van der Waals surface area contributed by atoms with Crippen LogP contribution in [-0.2, 0) is 11.2 Å². The molecule has 0 aliphatic heterocycles. The first-order valence-corrected chi connectivity index (χ1v) is 6.54. The second-order valence-corrected chi connectivity index (χ2v) is 5.17. The molecule has 18 heavy (non-hydrogen) atoms. The average Bonchev–Trinajstić information content (AvgIpc) is 2.36. The Morgan fingerprint density at radius 2 is 1.89 bits per heavy atom. The van der Waals surface area contributed by atoms with Gasteiger partial charge in [-0.1, -0.05) is 44.2 Å². The summed E-state index contributed by atoms with van der Waals surface area (Å²) in [4.78, 5) is 13.8. The minimum Gasteiger partial charge on any atom is -0.345 e. The maximum Gasteiger partial charge on any atom is 0.226 e. The highest BCUT2D eigenvalue weighted by Crippen LogP contribution is 2.06. The molecule has 1 atom stereocenters. The summed E-state index contributed by atoms with van der Waals surface area (Å²) in [6.07, 6.45) is 1.32. The first-order chi connectivity index (χ1) is 8.50. The number of rotatable bonds is 6. The fraction of sp³-hybridized carbons (Fsp3) is 0.533. The van der Waals surface area contributed by atoms with Crippen molar-refractivity contribution in [3.63, 3.8) is 0 Å². The number of carbonyl (C=O) groups is 1. The van der Waals surface area contributed by atoms with Crippen LogP contribution in [0.5, 0.6) is 0 Å². The molecule has 1 rings (SSSR count). The Morgan fingerprint density at radius 3 is 2.44 bits per heavy atom. The lowest BCUT2D eigenvalue weighted by molar-refractivity contribution is -0.129. The van der Waals surface area contributed by atoms with E-state index in [0.29, 0.717) is 12.3 Å². The molecular formula is C15H24N2O. The summed E-state index contributed by atoms with van der Waals surface area (Å²) < 4.78 is 0. The van der Waals surface area contributed by atoms with Gasteiger partial charge in [0.1, 0.15) is 0 Å². The quantitative estimate of drug-likeness (QED) is 0.837. The van der Waals surface area contributed by atoms with Gasteiger partial charge in [-0.25, -0.2) is 0 Å². The fourth-order valence-corrected chi connectivity index (χ4v) is 1.71. The predicted octanol–water partition coefficient (Wildman–Crippen LogP) is 2.06. The number of amides is 1. The third-order valence-electron chi connectivity index (χ3n) is 3.28. The molecule has 0 heterocycles. The Hall–Kier alpha value is -1.35. The van der Waals surface area contributed by atoms with Gasteiger partial charge < -0.3 is 10.6 Å². The lowest BCUT2D eigenvalue weighted by Gasteiger charge is -2.21. The van der Waals surface area contributed by atoms with E-state index >= 15 is 0 Å². The highest BCUT2D eigenvalue weighted by Gasteiger charge is 2.12. The van der Waals surface area contributed by atoms with Gasteiger partial charge in [0.15, 0.2) is 0 Å². The number of benzene rings is 1. The number of nitrogens with zero attached hydrogens (tertiary/aromatic N) is 1. The second kappa shape index (κ2) is 7.17. The zero-order valence-corrected chi connectivity index (χ0v) is 11.6. The van der Waals surface area contributed by atoms with Crippen LogP contribution < -0.4 is 5.73 Å². The smallest absolute Gasteiger partial charge is 0.226 e. The largest absolute Gasteiger partial charge is 0.345 e. The molecule has 1 amide bonds. The van der Waals surface area contributed by atoms with Gasteiger partial charge in [0.05, 0.1) is 6.42 Å².